The molecule has 0 radical (unpaired) electrons. The van der Waals surface area contributed by atoms with Crippen molar-refractivity contribution >= 4 is 29.9 Å². The van der Waals surface area contributed by atoms with E-state index in [1.165, 1.54) is 5.56 Å². The highest BCUT2D eigenvalue weighted by molar-refractivity contribution is 14.0. The molecular formula is C22H39IN4O3. The number of ether oxygens (including phenoxy) is 3. The fourth-order valence-electron chi connectivity index (χ4n) is 3.13. The predicted molar refractivity (Wildman–Crippen MR) is 134 cm³/mol. The maximum atomic E-state index is 5.74. The second-order valence-electron chi connectivity index (χ2n) is 8.01. The molecule has 172 valence electrons. The minimum atomic E-state index is -0.116. The fourth-order valence-corrected chi connectivity index (χ4v) is 3.13. The van der Waals surface area contributed by atoms with Crippen LogP contribution < -0.4 is 20.1 Å². The Labute approximate surface area is 199 Å². The molecule has 0 amide bonds. The molecule has 1 heterocycles. The molecule has 8 heteroatoms. The fraction of sp³-hybridized carbons (Fsp3) is 0.682. The van der Waals surface area contributed by atoms with Crippen molar-refractivity contribution in [2.24, 2.45) is 4.99 Å². The van der Waals surface area contributed by atoms with Gasteiger partial charge in [0, 0.05) is 45.3 Å². The van der Waals surface area contributed by atoms with Gasteiger partial charge in [-0.25, -0.2) is 0 Å². The minimum Gasteiger partial charge on any atom is -0.486 e. The first-order chi connectivity index (χ1) is 14.0. The Balaban J connectivity index is 0.00000450. The molecular weight excluding hydrogens is 495 g/mol. The zero-order chi connectivity index (χ0) is 21.1. The number of benzene rings is 1. The molecule has 0 saturated heterocycles. The van der Waals surface area contributed by atoms with Gasteiger partial charge in [0.1, 0.15) is 13.2 Å². The molecule has 2 rings (SSSR count). The van der Waals surface area contributed by atoms with E-state index in [2.05, 4.69) is 55.5 Å². The van der Waals surface area contributed by atoms with Gasteiger partial charge in [-0.2, -0.15) is 0 Å². The van der Waals surface area contributed by atoms with Gasteiger partial charge >= 0.3 is 0 Å². The van der Waals surface area contributed by atoms with Crippen LogP contribution in [0.1, 0.15) is 32.8 Å². The number of halogens is 1. The van der Waals surface area contributed by atoms with E-state index in [1.807, 2.05) is 6.07 Å². The van der Waals surface area contributed by atoms with E-state index in [-0.39, 0.29) is 29.4 Å². The molecule has 0 saturated carbocycles. The lowest BCUT2D eigenvalue weighted by atomic mass is 9.84. The maximum absolute atomic E-state index is 5.74. The Kier molecular flexibility index (Phi) is 12.4. The first-order valence-electron chi connectivity index (χ1n) is 10.6. The highest BCUT2D eigenvalue weighted by Gasteiger charge is 2.23. The summed E-state index contributed by atoms with van der Waals surface area (Å²) >= 11 is 0. The van der Waals surface area contributed by atoms with Crippen LogP contribution in [0.4, 0.5) is 0 Å². The summed E-state index contributed by atoms with van der Waals surface area (Å²) in [7, 11) is 3.87. The largest absolute Gasteiger partial charge is 0.486 e. The number of nitrogens with zero attached hydrogens (tertiary/aromatic N) is 2. The maximum Gasteiger partial charge on any atom is 0.191 e. The number of hydrogen-bond donors (Lipinski definition) is 2. The predicted octanol–water partition coefficient (Wildman–Crippen LogP) is 2.88. The molecule has 1 aromatic rings. The van der Waals surface area contributed by atoms with Gasteiger partial charge in [0.25, 0.3) is 0 Å². The van der Waals surface area contributed by atoms with Crippen LogP contribution in [0.3, 0.4) is 0 Å². The number of likely N-dealkylation sites (N-methyl/N-ethyl adjacent to an activating group) is 1. The van der Waals surface area contributed by atoms with Crippen molar-refractivity contribution in [3.05, 3.63) is 23.8 Å². The normalized spacial score (nSPS) is 13.7. The Hall–Kier alpha value is -1.26. The van der Waals surface area contributed by atoms with Gasteiger partial charge in [-0.05, 0) is 38.1 Å². The van der Waals surface area contributed by atoms with Crippen LogP contribution in [0.25, 0.3) is 0 Å². The summed E-state index contributed by atoms with van der Waals surface area (Å²) < 4.78 is 16.5. The third-order valence-electron chi connectivity index (χ3n) is 4.97. The number of methoxy groups -OCH3 is 1. The van der Waals surface area contributed by atoms with Gasteiger partial charge in [0.15, 0.2) is 17.5 Å². The SMILES string of the molecule is CCNC(=NCC(C)(C)c1ccc2c(c1)OCCO2)NCCN(C)CCCOC.I. The number of fused-ring (bicyclic) bond motifs is 1. The van der Waals surface area contributed by atoms with Crippen LogP contribution >= 0.6 is 24.0 Å². The molecule has 30 heavy (non-hydrogen) atoms. The molecule has 1 aromatic carbocycles. The number of nitrogens with one attached hydrogen (secondary N) is 2. The highest BCUT2D eigenvalue weighted by atomic mass is 127. The quantitative estimate of drug-likeness (QED) is 0.197. The van der Waals surface area contributed by atoms with Gasteiger partial charge < -0.3 is 29.7 Å². The smallest absolute Gasteiger partial charge is 0.191 e. The Morgan fingerprint density at radius 2 is 1.90 bits per heavy atom. The van der Waals surface area contributed by atoms with Crippen LogP contribution in [0, 0.1) is 0 Å². The van der Waals surface area contributed by atoms with Gasteiger partial charge in [-0.15, -0.1) is 24.0 Å². The van der Waals surface area contributed by atoms with Crippen molar-refractivity contribution in [2.75, 3.05) is 66.7 Å². The summed E-state index contributed by atoms with van der Waals surface area (Å²) in [5, 5.41) is 6.78. The lowest BCUT2D eigenvalue weighted by molar-refractivity contribution is 0.171. The lowest BCUT2D eigenvalue weighted by Gasteiger charge is -2.26. The summed E-state index contributed by atoms with van der Waals surface area (Å²) in [6, 6.07) is 6.19. The summed E-state index contributed by atoms with van der Waals surface area (Å²) in [5.74, 6) is 2.50. The van der Waals surface area contributed by atoms with Crippen molar-refractivity contribution < 1.29 is 14.2 Å². The van der Waals surface area contributed by atoms with E-state index in [1.54, 1.807) is 7.11 Å². The molecule has 1 aliphatic heterocycles. The molecule has 0 aromatic heterocycles. The van der Waals surface area contributed by atoms with E-state index in [0.717, 1.165) is 56.7 Å². The molecule has 0 spiro atoms. The van der Waals surface area contributed by atoms with Crippen molar-refractivity contribution in [2.45, 2.75) is 32.6 Å². The van der Waals surface area contributed by atoms with Crippen LogP contribution in [0.5, 0.6) is 11.5 Å². The minimum absolute atomic E-state index is 0. The molecule has 0 bridgehead atoms. The van der Waals surface area contributed by atoms with E-state index in [9.17, 15) is 0 Å². The van der Waals surface area contributed by atoms with Gasteiger partial charge in [-0.3, -0.25) is 4.99 Å². The van der Waals surface area contributed by atoms with Crippen molar-refractivity contribution in [3.63, 3.8) is 0 Å². The summed E-state index contributed by atoms with van der Waals surface area (Å²) in [4.78, 5) is 7.13. The molecule has 0 atom stereocenters. The Bertz CT molecular complexity index is 655. The van der Waals surface area contributed by atoms with E-state index >= 15 is 0 Å². The van der Waals surface area contributed by atoms with Crippen LogP contribution in [-0.4, -0.2) is 77.6 Å². The summed E-state index contributed by atoms with van der Waals surface area (Å²) in [6.07, 6.45) is 1.05. The molecule has 0 unspecified atom stereocenters. The first kappa shape index (κ1) is 26.8. The topological polar surface area (TPSA) is 67.4 Å². The Morgan fingerprint density at radius 1 is 1.17 bits per heavy atom. The zero-order valence-corrected chi connectivity index (χ0v) is 21.5. The third-order valence-corrected chi connectivity index (χ3v) is 4.97. The lowest BCUT2D eigenvalue weighted by Crippen LogP contribution is -2.42. The van der Waals surface area contributed by atoms with Crippen LogP contribution in [-0.2, 0) is 10.2 Å². The Morgan fingerprint density at radius 3 is 2.60 bits per heavy atom. The molecule has 0 fully saturated rings. The van der Waals surface area contributed by atoms with Crippen LogP contribution in [0.15, 0.2) is 23.2 Å². The first-order valence-corrected chi connectivity index (χ1v) is 10.6. The number of hydrogen-bond acceptors (Lipinski definition) is 5. The standard InChI is InChI=1S/C22H38N4O3.HI/c1-6-23-21(24-10-12-26(4)11-7-13-27-5)25-17-22(2,3)18-8-9-19-20(16-18)29-15-14-28-19;/h8-9,16H,6-7,10-15,17H2,1-5H3,(H2,23,24,25);1H. The molecule has 7 nitrogen and oxygen atoms in total. The van der Waals surface area contributed by atoms with E-state index in [0.29, 0.717) is 19.8 Å². The van der Waals surface area contributed by atoms with Crippen molar-refractivity contribution in [3.8, 4) is 11.5 Å². The van der Waals surface area contributed by atoms with Crippen LogP contribution in [0.2, 0.25) is 0 Å². The summed E-state index contributed by atoms with van der Waals surface area (Å²) in [5.41, 5.74) is 1.08. The molecule has 1 aliphatic rings. The monoisotopic (exact) mass is 534 g/mol. The second kappa shape index (κ2) is 13.9. The third kappa shape index (κ3) is 8.85. The number of rotatable bonds is 11. The van der Waals surface area contributed by atoms with Crippen molar-refractivity contribution in [1.29, 1.82) is 0 Å². The van der Waals surface area contributed by atoms with E-state index < -0.39 is 0 Å². The van der Waals surface area contributed by atoms with Crippen molar-refractivity contribution in [1.82, 2.24) is 15.5 Å². The summed E-state index contributed by atoms with van der Waals surface area (Å²) in [6.45, 7) is 12.8. The average molecular weight is 534 g/mol. The number of aliphatic imine (C=N–C) groups is 1. The van der Waals surface area contributed by atoms with Gasteiger partial charge in [0.05, 0.1) is 6.54 Å². The highest BCUT2D eigenvalue weighted by Crippen LogP contribution is 2.35. The second-order valence-corrected chi connectivity index (χ2v) is 8.01. The van der Waals surface area contributed by atoms with Gasteiger partial charge in [0.2, 0.25) is 0 Å². The van der Waals surface area contributed by atoms with E-state index in [4.69, 9.17) is 19.2 Å². The zero-order valence-electron chi connectivity index (χ0n) is 19.1. The molecule has 0 aliphatic carbocycles. The average Bonchev–Trinajstić information content (AvgIpc) is 2.72. The number of guanidine groups is 1. The van der Waals surface area contributed by atoms with Gasteiger partial charge in [-0.1, -0.05) is 19.9 Å². The molecule has 2 N–H and O–H groups in total.